The molecule has 0 saturated heterocycles. The van der Waals surface area contributed by atoms with Gasteiger partial charge in [-0.15, -0.1) is 0 Å². The molecular weight excluding hydrogens is 689 g/mol. The van der Waals surface area contributed by atoms with Gasteiger partial charge >= 0.3 is 0 Å². The molecule has 0 fully saturated rings. The van der Waals surface area contributed by atoms with Crippen molar-refractivity contribution in [2.24, 2.45) is 0 Å². The quantitative estimate of drug-likeness (QED) is 0.165. The van der Waals surface area contributed by atoms with Gasteiger partial charge in [0, 0.05) is 38.6 Å². The smallest absolute Gasteiger partial charge is 0.0541 e. The third-order valence-electron chi connectivity index (χ3n) is 12.2. The first-order valence-corrected chi connectivity index (χ1v) is 19.8. The summed E-state index contributed by atoms with van der Waals surface area (Å²) in [6.45, 7) is 4.72. The molecule has 0 N–H and O–H groups in total. The van der Waals surface area contributed by atoms with Crippen LogP contribution in [0.4, 0.5) is 17.1 Å². The lowest BCUT2D eigenvalue weighted by molar-refractivity contribution is 0.660. The Bertz CT molecular complexity index is 3140. The summed E-state index contributed by atoms with van der Waals surface area (Å²) >= 11 is 0. The van der Waals surface area contributed by atoms with Crippen molar-refractivity contribution < 1.29 is 0 Å². The molecule has 2 nitrogen and oxygen atoms in total. The lowest BCUT2D eigenvalue weighted by Crippen LogP contribution is -2.16. The van der Waals surface area contributed by atoms with E-state index in [0.29, 0.717) is 0 Å². The van der Waals surface area contributed by atoms with Gasteiger partial charge in [0.05, 0.1) is 16.7 Å². The van der Waals surface area contributed by atoms with E-state index in [1.807, 2.05) is 0 Å². The molecule has 57 heavy (non-hydrogen) atoms. The number of fused-ring (bicyclic) bond motifs is 7. The van der Waals surface area contributed by atoms with Gasteiger partial charge in [0.25, 0.3) is 0 Å². The Morgan fingerprint density at radius 2 is 1.00 bits per heavy atom. The maximum absolute atomic E-state index is 2.45. The molecule has 0 amide bonds. The van der Waals surface area contributed by atoms with E-state index in [0.717, 1.165) is 22.7 Å². The highest BCUT2D eigenvalue weighted by atomic mass is 15.1. The van der Waals surface area contributed by atoms with Crippen LogP contribution < -0.4 is 4.90 Å². The third kappa shape index (κ3) is 5.33. The van der Waals surface area contributed by atoms with Crippen LogP contribution in [-0.2, 0) is 5.41 Å². The number of anilines is 3. The highest BCUT2D eigenvalue weighted by Crippen LogP contribution is 2.51. The van der Waals surface area contributed by atoms with E-state index in [-0.39, 0.29) is 5.41 Å². The average molecular weight is 729 g/mol. The molecule has 2 heteroatoms. The number of para-hydroxylation sites is 1. The number of aromatic nitrogens is 1. The topological polar surface area (TPSA) is 8.17 Å². The molecule has 11 rings (SSSR count). The molecule has 0 bridgehead atoms. The zero-order valence-corrected chi connectivity index (χ0v) is 32.0. The Morgan fingerprint density at radius 3 is 1.88 bits per heavy atom. The van der Waals surface area contributed by atoms with Crippen molar-refractivity contribution in [3.63, 3.8) is 0 Å². The molecule has 10 aromatic rings. The monoisotopic (exact) mass is 728 g/mol. The number of benzene rings is 9. The van der Waals surface area contributed by atoms with Crippen LogP contribution in [0.15, 0.2) is 206 Å². The summed E-state index contributed by atoms with van der Waals surface area (Å²) < 4.78 is 2.40. The second-order valence-corrected chi connectivity index (χ2v) is 15.8. The minimum atomic E-state index is -0.104. The van der Waals surface area contributed by atoms with Crippen LogP contribution in [0.3, 0.4) is 0 Å². The standard InChI is InChI=1S/C55H40N2/c1-55(2)50-23-10-8-21-46(50)47-32-31-44(36-51(47)55)56(52-25-13-17-39-16-6-7-20-45(39)52)43-19-12-18-40(34-43)41-28-33-54-49(35-41)48-22-9-11-24-53(48)57(54)42-29-26-38(27-30-42)37-14-4-3-5-15-37/h3-36H,1-2H3. The van der Waals surface area contributed by atoms with Gasteiger partial charge in [0.15, 0.2) is 0 Å². The van der Waals surface area contributed by atoms with E-state index in [9.17, 15) is 0 Å². The van der Waals surface area contributed by atoms with Crippen LogP contribution in [0.5, 0.6) is 0 Å². The third-order valence-corrected chi connectivity index (χ3v) is 12.2. The van der Waals surface area contributed by atoms with Gasteiger partial charge < -0.3 is 9.47 Å². The molecule has 1 heterocycles. The maximum atomic E-state index is 2.45. The van der Waals surface area contributed by atoms with Gasteiger partial charge in [0.1, 0.15) is 0 Å². The van der Waals surface area contributed by atoms with Crippen molar-refractivity contribution in [2.45, 2.75) is 19.3 Å². The Hall–Kier alpha value is -7.16. The maximum Gasteiger partial charge on any atom is 0.0541 e. The van der Waals surface area contributed by atoms with Crippen LogP contribution in [0.1, 0.15) is 25.0 Å². The largest absolute Gasteiger partial charge is 0.310 e. The minimum Gasteiger partial charge on any atom is -0.310 e. The summed E-state index contributed by atoms with van der Waals surface area (Å²) in [4.78, 5) is 2.45. The molecule has 1 aliphatic carbocycles. The highest BCUT2D eigenvalue weighted by molar-refractivity contribution is 6.10. The van der Waals surface area contributed by atoms with Crippen molar-refractivity contribution in [3.8, 4) is 39.1 Å². The van der Waals surface area contributed by atoms with Crippen molar-refractivity contribution in [1.29, 1.82) is 0 Å². The molecule has 1 aromatic heterocycles. The molecular formula is C55H40N2. The molecule has 0 aliphatic heterocycles. The Morgan fingerprint density at radius 1 is 0.386 bits per heavy atom. The Balaban J connectivity index is 1.05. The molecule has 270 valence electrons. The summed E-state index contributed by atoms with van der Waals surface area (Å²) in [5.41, 5.74) is 17.1. The first kappa shape index (κ1) is 33.2. The second kappa shape index (κ2) is 13.0. The van der Waals surface area contributed by atoms with E-state index in [1.165, 1.54) is 77.1 Å². The summed E-state index contributed by atoms with van der Waals surface area (Å²) in [5.74, 6) is 0. The fraction of sp³-hybridized carbons (Fsp3) is 0.0545. The summed E-state index contributed by atoms with van der Waals surface area (Å²) in [6.07, 6.45) is 0. The van der Waals surface area contributed by atoms with Crippen LogP contribution in [-0.4, -0.2) is 4.57 Å². The normalized spacial score (nSPS) is 12.9. The fourth-order valence-electron chi connectivity index (χ4n) is 9.35. The van der Waals surface area contributed by atoms with Crippen molar-refractivity contribution in [3.05, 3.63) is 217 Å². The van der Waals surface area contributed by atoms with Gasteiger partial charge in [-0.05, 0) is 111 Å². The van der Waals surface area contributed by atoms with Crippen LogP contribution in [0, 0.1) is 0 Å². The van der Waals surface area contributed by atoms with Gasteiger partial charge in [-0.2, -0.15) is 0 Å². The number of nitrogens with zero attached hydrogens (tertiary/aromatic N) is 2. The fourth-order valence-corrected chi connectivity index (χ4v) is 9.35. The van der Waals surface area contributed by atoms with E-state index in [4.69, 9.17) is 0 Å². The molecule has 1 aliphatic rings. The Labute approximate surface area is 333 Å². The van der Waals surface area contributed by atoms with E-state index >= 15 is 0 Å². The number of rotatable bonds is 6. The van der Waals surface area contributed by atoms with E-state index < -0.39 is 0 Å². The summed E-state index contributed by atoms with van der Waals surface area (Å²) in [5, 5.41) is 4.94. The second-order valence-electron chi connectivity index (χ2n) is 15.8. The van der Waals surface area contributed by atoms with Crippen LogP contribution in [0.25, 0.3) is 71.6 Å². The van der Waals surface area contributed by atoms with E-state index in [1.54, 1.807) is 0 Å². The highest BCUT2D eigenvalue weighted by Gasteiger charge is 2.35. The molecule has 9 aromatic carbocycles. The molecule has 0 atom stereocenters. The number of hydrogen-bond acceptors (Lipinski definition) is 1. The summed E-state index contributed by atoms with van der Waals surface area (Å²) in [7, 11) is 0. The zero-order valence-electron chi connectivity index (χ0n) is 32.0. The minimum absolute atomic E-state index is 0.104. The van der Waals surface area contributed by atoms with Crippen molar-refractivity contribution in [2.75, 3.05) is 4.90 Å². The Kier molecular flexibility index (Phi) is 7.55. The van der Waals surface area contributed by atoms with Gasteiger partial charge in [0.2, 0.25) is 0 Å². The first-order chi connectivity index (χ1) is 28.0. The predicted molar refractivity (Wildman–Crippen MR) is 241 cm³/mol. The number of hydrogen-bond donors (Lipinski definition) is 0. The van der Waals surface area contributed by atoms with Crippen molar-refractivity contribution >= 4 is 49.6 Å². The molecule has 0 radical (unpaired) electrons. The lowest BCUT2D eigenvalue weighted by Gasteiger charge is -2.29. The predicted octanol–water partition coefficient (Wildman–Crippen LogP) is 15.0. The summed E-state index contributed by atoms with van der Waals surface area (Å²) in [6, 6.07) is 75.6. The lowest BCUT2D eigenvalue weighted by atomic mass is 9.82. The van der Waals surface area contributed by atoms with Crippen LogP contribution >= 0.6 is 0 Å². The molecule has 0 unspecified atom stereocenters. The average Bonchev–Trinajstić information content (AvgIpc) is 3.72. The zero-order chi connectivity index (χ0) is 38.1. The molecule has 0 spiro atoms. The van der Waals surface area contributed by atoms with Crippen molar-refractivity contribution in [1.82, 2.24) is 4.57 Å². The van der Waals surface area contributed by atoms with Gasteiger partial charge in [-0.1, -0.05) is 159 Å². The van der Waals surface area contributed by atoms with Gasteiger partial charge in [-0.3, -0.25) is 0 Å². The van der Waals surface area contributed by atoms with Crippen LogP contribution in [0.2, 0.25) is 0 Å². The van der Waals surface area contributed by atoms with E-state index in [2.05, 4.69) is 230 Å². The first-order valence-electron chi connectivity index (χ1n) is 19.8. The SMILES string of the molecule is CC1(C)c2ccccc2-c2ccc(N(c3cccc(-c4ccc5c(c4)c4ccccc4n5-c4ccc(-c5ccccc5)cc4)c3)c3cccc4ccccc34)cc21. The molecule has 0 saturated carbocycles. The van der Waals surface area contributed by atoms with Gasteiger partial charge in [-0.25, -0.2) is 0 Å².